The quantitative estimate of drug-likeness (QED) is 0.524. The zero-order chi connectivity index (χ0) is 19.0. The number of nitrogens with one attached hydrogen (secondary N) is 1. The van der Waals surface area contributed by atoms with Gasteiger partial charge in [-0.25, -0.2) is 0 Å². The fourth-order valence-corrected chi connectivity index (χ4v) is 3.51. The van der Waals surface area contributed by atoms with Crippen LogP contribution in [0.1, 0.15) is 9.67 Å². The monoisotopic (exact) mass is 389 g/mol. The van der Waals surface area contributed by atoms with E-state index in [1.165, 1.54) is 12.1 Å². The van der Waals surface area contributed by atoms with Gasteiger partial charge in [0.25, 0.3) is 5.91 Å². The molecular formula is C15H15N7O4S. The van der Waals surface area contributed by atoms with Gasteiger partial charge in [-0.05, 0) is 6.07 Å². The van der Waals surface area contributed by atoms with E-state index in [2.05, 4.69) is 25.3 Å². The maximum absolute atomic E-state index is 12.4. The molecule has 0 bridgehead atoms. The third-order valence-electron chi connectivity index (χ3n) is 4.10. The number of amides is 1. The topological polar surface area (TPSA) is 128 Å². The second kappa shape index (κ2) is 6.89. The van der Waals surface area contributed by atoms with Crippen molar-refractivity contribution >= 4 is 45.0 Å². The Hall–Kier alpha value is -3.12. The minimum absolute atomic E-state index is 0.0999. The molecule has 0 unspecified atom stereocenters. The summed E-state index contributed by atoms with van der Waals surface area (Å²) in [5.41, 5.74) is 0.582. The van der Waals surface area contributed by atoms with Crippen molar-refractivity contribution in [1.82, 2.24) is 19.7 Å². The number of rotatable bonds is 4. The molecule has 0 aromatic carbocycles. The second-order valence-electron chi connectivity index (χ2n) is 5.82. The third-order valence-corrected chi connectivity index (χ3v) is 5.14. The molecule has 1 N–H and O–H groups in total. The number of ether oxygens (including phenoxy) is 1. The van der Waals surface area contributed by atoms with Gasteiger partial charge in [0.15, 0.2) is 5.65 Å². The number of aryl methyl sites for hydroxylation is 1. The van der Waals surface area contributed by atoms with Gasteiger partial charge in [0.2, 0.25) is 5.95 Å². The molecule has 0 aliphatic carbocycles. The van der Waals surface area contributed by atoms with Gasteiger partial charge < -0.3 is 9.64 Å². The number of carbonyl (C=O) groups excluding carboxylic acids is 1. The molecule has 0 saturated carbocycles. The molecule has 12 heteroatoms. The van der Waals surface area contributed by atoms with Crippen molar-refractivity contribution in [3.05, 3.63) is 33.3 Å². The van der Waals surface area contributed by atoms with E-state index < -0.39 is 10.8 Å². The van der Waals surface area contributed by atoms with Crippen LogP contribution in [-0.2, 0) is 11.8 Å². The van der Waals surface area contributed by atoms with E-state index in [0.29, 0.717) is 37.8 Å². The van der Waals surface area contributed by atoms with E-state index in [0.717, 1.165) is 16.7 Å². The number of anilines is 2. The van der Waals surface area contributed by atoms with E-state index in [4.69, 9.17) is 4.74 Å². The lowest BCUT2D eigenvalue weighted by Crippen LogP contribution is -2.37. The summed E-state index contributed by atoms with van der Waals surface area (Å²) in [5.74, 6) is 0.292. The summed E-state index contributed by atoms with van der Waals surface area (Å²) in [6, 6.07) is 2.70. The number of thiophene rings is 1. The van der Waals surface area contributed by atoms with Crippen molar-refractivity contribution in [3.63, 3.8) is 0 Å². The van der Waals surface area contributed by atoms with Crippen molar-refractivity contribution in [2.45, 2.75) is 0 Å². The first-order valence-corrected chi connectivity index (χ1v) is 8.92. The average molecular weight is 389 g/mol. The van der Waals surface area contributed by atoms with Gasteiger partial charge in [-0.1, -0.05) is 11.3 Å². The number of nitro groups is 1. The van der Waals surface area contributed by atoms with Crippen LogP contribution in [0.3, 0.4) is 0 Å². The fourth-order valence-electron chi connectivity index (χ4n) is 2.79. The standard InChI is InChI=1S/C15H15N7O4S/c1-20-12-9(8-16-20)13(21-4-6-26-7-5-21)18-15(17-12)19-14(23)10-2-3-11(27-10)22(24)25/h2-3,8H,4-7H2,1H3,(H,17,18,19,23). The van der Waals surface area contributed by atoms with Crippen LogP contribution in [0.25, 0.3) is 11.0 Å². The zero-order valence-electron chi connectivity index (χ0n) is 14.3. The van der Waals surface area contributed by atoms with E-state index in [1.807, 2.05) is 0 Å². The fraction of sp³-hybridized carbons (Fsp3) is 0.333. The Balaban J connectivity index is 1.67. The molecule has 1 aliphatic rings. The molecule has 0 spiro atoms. The predicted octanol–water partition coefficient (Wildman–Crippen LogP) is 1.42. The smallest absolute Gasteiger partial charge is 0.324 e. The number of aromatic nitrogens is 4. The summed E-state index contributed by atoms with van der Waals surface area (Å²) in [5, 5.41) is 18.3. The minimum Gasteiger partial charge on any atom is -0.378 e. The Bertz CT molecular complexity index is 1020. The van der Waals surface area contributed by atoms with Crippen molar-refractivity contribution in [3.8, 4) is 0 Å². The van der Waals surface area contributed by atoms with E-state index in [9.17, 15) is 14.9 Å². The molecule has 4 rings (SSSR count). The number of hydrogen-bond acceptors (Lipinski definition) is 9. The largest absolute Gasteiger partial charge is 0.378 e. The van der Waals surface area contributed by atoms with Crippen LogP contribution in [0.4, 0.5) is 16.8 Å². The summed E-state index contributed by atoms with van der Waals surface area (Å²) >= 11 is 0.798. The average Bonchev–Trinajstić information content (AvgIpc) is 3.30. The van der Waals surface area contributed by atoms with E-state index in [-0.39, 0.29) is 15.8 Å². The lowest BCUT2D eigenvalue weighted by Gasteiger charge is -2.28. The Kier molecular flexibility index (Phi) is 4.41. The number of nitrogens with zero attached hydrogens (tertiary/aromatic N) is 6. The maximum atomic E-state index is 12.4. The molecule has 3 aromatic rings. The number of fused-ring (bicyclic) bond motifs is 1. The van der Waals surface area contributed by atoms with Gasteiger partial charge >= 0.3 is 5.00 Å². The van der Waals surface area contributed by atoms with Gasteiger partial charge in [-0.15, -0.1) is 0 Å². The third kappa shape index (κ3) is 3.31. The molecule has 1 saturated heterocycles. The summed E-state index contributed by atoms with van der Waals surface area (Å²) < 4.78 is 6.99. The first-order chi connectivity index (χ1) is 13.0. The molecular weight excluding hydrogens is 374 g/mol. The van der Waals surface area contributed by atoms with Crippen molar-refractivity contribution in [2.24, 2.45) is 7.05 Å². The van der Waals surface area contributed by atoms with Crippen LogP contribution >= 0.6 is 11.3 Å². The lowest BCUT2D eigenvalue weighted by molar-refractivity contribution is -0.380. The second-order valence-corrected chi connectivity index (χ2v) is 6.89. The molecule has 27 heavy (non-hydrogen) atoms. The molecule has 1 fully saturated rings. The van der Waals surface area contributed by atoms with E-state index >= 15 is 0 Å². The molecule has 11 nitrogen and oxygen atoms in total. The Morgan fingerprint density at radius 3 is 2.81 bits per heavy atom. The molecule has 4 heterocycles. The highest BCUT2D eigenvalue weighted by Gasteiger charge is 2.21. The van der Waals surface area contributed by atoms with Crippen LogP contribution < -0.4 is 10.2 Å². The highest BCUT2D eigenvalue weighted by molar-refractivity contribution is 7.17. The minimum atomic E-state index is -0.532. The van der Waals surface area contributed by atoms with Gasteiger partial charge in [0.05, 0.1) is 34.6 Å². The van der Waals surface area contributed by atoms with Gasteiger partial charge in [0, 0.05) is 26.2 Å². The number of carbonyl (C=O) groups is 1. The number of morpholine rings is 1. The summed E-state index contributed by atoms with van der Waals surface area (Å²) in [6.07, 6.45) is 1.69. The van der Waals surface area contributed by atoms with Crippen molar-refractivity contribution < 1.29 is 14.5 Å². The summed E-state index contributed by atoms with van der Waals surface area (Å²) in [4.78, 5) is 33.8. The van der Waals surface area contributed by atoms with Crippen LogP contribution in [0.5, 0.6) is 0 Å². The maximum Gasteiger partial charge on any atom is 0.324 e. The molecule has 0 atom stereocenters. The molecule has 1 amide bonds. The zero-order valence-corrected chi connectivity index (χ0v) is 15.1. The summed E-state index contributed by atoms with van der Waals surface area (Å²) in [6.45, 7) is 2.52. The van der Waals surface area contributed by atoms with Crippen LogP contribution in [0.2, 0.25) is 0 Å². The number of hydrogen-bond donors (Lipinski definition) is 1. The SMILES string of the molecule is Cn1ncc2c(N3CCOCC3)nc(NC(=O)c3ccc([N+](=O)[O-])s3)nc21. The van der Waals surface area contributed by atoms with Gasteiger partial charge in [-0.2, -0.15) is 15.1 Å². The predicted molar refractivity (Wildman–Crippen MR) is 98.3 cm³/mol. The van der Waals surface area contributed by atoms with Gasteiger partial charge in [-0.3, -0.25) is 24.9 Å². The Morgan fingerprint density at radius 1 is 1.33 bits per heavy atom. The van der Waals surface area contributed by atoms with E-state index in [1.54, 1.807) is 17.9 Å². The first-order valence-electron chi connectivity index (χ1n) is 8.11. The summed E-state index contributed by atoms with van der Waals surface area (Å²) in [7, 11) is 1.76. The van der Waals surface area contributed by atoms with Gasteiger partial charge in [0.1, 0.15) is 5.82 Å². The van der Waals surface area contributed by atoms with Crippen LogP contribution in [0, 0.1) is 10.1 Å². The highest BCUT2D eigenvalue weighted by atomic mass is 32.1. The molecule has 140 valence electrons. The molecule has 1 aliphatic heterocycles. The van der Waals surface area contributed by atoms with Crippen molar-refractivity contribution in [2.75, 3.05) is 36.5 Å². The Labute approximate surface area is 156 Å². The van der Waals surface area contributed by atoms with Crippen LogP contribution in [0.15, 0.2) is 18.3 Å². The van der Waals surface area contributed by atoms with Crippen molar-refractivity contribution in [1.29, 1.82) is 0 Å². The first kappa shape index (κ1) is 17.3. The Morgan fingerprint density at radius 2 is 2.11 bits per heavy atom. The van der Waals surface area contributed by atoms with Crippen LogP contribution in [-0.4, -0.2) is 56.9 Å². The molecule has 0 radical (unpaired) electrons. The highest BCUT2D eigenvalue weighted by Crippen LogP contribution is 2.27. The normalized spacial score (nSPS) is 14.5. The lowest BCUT2D eigenvalue weighted by atomic mass is 10.3. The molecule has 3 aromatic heterocycles.